The molecule has 4 rings (SSSR count). The Kier molecular flexibility index (Phi) is 6.92. The van der Waals surface area contributed by atoms with Crippen LogP contribution in [0.3, 0.4) is 0 Å². The van der Waals surface area contributed by atoms with E-state index in [1.54, 1.807) is 0 Å². The highest BCUT2D eigenvalue weighted by molar-refractivity contribution is 7.80. The van der Waals surface area contributed by atoms with Gasteiger partial charge >= 0.3 is 0 Å². The van der Waals surface area contributed by atoms with Crippen LogP contribution in [0.25, 0.3) is 0 Å². The van der Waals surface area contributed by atoms with Gasteiger partial charge in [0.2, 0.25) is 5.95 Å². The third kappa shape index (κ3) is 5.86. The maximum atomic E-state index is 5.59. The Bertz CT molecular complexity index is 888. The summed E-state index contributed by atoms with van der Waals surface area (Å²) in [5, 5.41) is 6.82. The molecule has 2 aromatic rings. The normalized spacial score (nSPS) is 21.8. The molecule has 31 heavy (non-hydrogen) atoms. The predicted octanol–water partition coefficient (Wildman–Crippen LogP) is 3.18. The summed E-state index contributed by atoms with van der Waals surface area (Å²) in [7, 11) is 0. The van der Waals surface area contributed by atoms with E-state index in [0.717, 1.165) is 49.3 Å². The highest BCUT2D eigenvalue weighted by Crippen LogP contribution is 2.28. The molecule has 2 aromatic heterocycles. The zero-order valence-corrected chi connectivity index (χ0v) is 19.4. The van der Waals surface area contributed by atoms with Crippen molar-refractivity contribution >= 4 is 34.9 Å². The number of nitrogens with zero attached hydrogens (tertiary/aromatic N) is 4. The smallest absolute Gasteiger partial charge is 0.232 e. The summed E-state index contributed by atoms with van der Waals surface area (Å²) >= 11 is 5.49. The largest absolute Gasteiger partial charge is 0.465 e. The molecule has 0 radical (unpaired) electrons. The molecule has 0 aromatic carbocycles. The Morgan fingerprint density at radius 2 is 1.77 bits per heavy atom. The number of aromatic nitrogens is 2. The lowest BCUT2D eigenvalue weighted by atomic mass is 9.92. The Hall–Kier alpha value is -2.39. The van der Waals surface area contributed by atoms with Crippen molar-refractivity contribution in [2.45, 2.75) is 33.7 Å². The number of anilines is 3. The first kappa shape index (κ1) is 21.8. The lowest BCUT2D eigenvalue weighted by molar-refractivity contribution is 0.122. The molecule has 0 amide bonds. The molecule has 9 heteroatoms. The minimum atomic E-state index is 0.472. The summed E-state index contributed by atoms with van der Waals surface area (Å²) in [6.45, 7) is 12.1. The molecule has 0 saturated carbocycles. The molecule has 0 bridgehead atoms. The van der Waals surface area contributed by atoms with E-state index in [1.165, 1.54) is 6.42 Å². The molecular weight excluding hydrogens is 412 g/mol. The van der Waals surface area contributed by atoms with Gasteiger partial charge in [0.1, 0.15) is 23.2 Å². The van der Waals surface area contributed by atoms with Crippen LogP contribution in [0.4, 0.5) is 17.6 Å². The number of nitrogens with one attached hydrogen (secondary N) is 2. The van der Waals surface area contributed by atoms with Gasteiger partial charge in [-0.15, -0.1) is 0 Å². The summed E-state index contributed by atoms with van der Waals surface area (Å²) in [5.41, 5.74) is 0. The molecule has 2 N–H and O–H groups in total. The topological polar surface area (TPSA) is 78.7 Å². The second kappa shape index (κ2) is 9.82. The first-order valence-electron chi connectivity index (χ1n) is 11.0. The molecule has 2 unspecified atom stereocenters. The number of hydrogen-bond donors (Lipinski definition) is 2. The van der Waals surface area contributed by atoms with Crippen LogP contribution in [0.2, 0.25) is 0 Å². The molecule has 168 valence electrons. The van der Waals surface area contributed by atoms with E-state index in [1.807, 2.05) is 19.1 Å². The Labute approximate surface area is 189 Å². The molecule has 0 aliphatic carbocycles. The van der Waals surface area contributed by atoms with E-state index in [2.05, 4.69) is 40.3 Å². The van der Waals surface area contributed by atoms with Crippen molar-refractivity contribution in [3.8, 4) is 0 Å². The maximum Gasteiger partial charge on any atom is 0.232 e. The third-order valence-electron chi connectivity index (χ3n) is 5.67. The van der Waals surface area contributed by atoms with Gasteiger partial charge in [-0.3, -0.25) is 0 Å². The van der Waals surface area contributed by atoms with Crippen molar-refractivity contribution < 1.29 is 9.15 Å². The molecule has 2 saturated heterocycles. The molecule has 8 nitrogen and oxygen atoms in total. The van der Waals surface area contributed by atoms with E-state index in [4.69, 9.17) is 31.3 Å². The zero-order valence-electron chi connectivity index (χ0n) is 18.6. The number of aryl methyl sites for hydroxylation is 1. The van der Waals surface area contributed by atoms with Crippen LogP contribution in [0, 0.1) is 18.8 Å². The summed E-state index contributed by atoms with van der Waals surface area (Å²) in [6.07, 6.45) is 1.25. The average Bonchev–Trinajstić information content (AvgIpc) is 3.17. The highest BCUT2D eigenvalue weighted by Gasteiger charge is 2.25. The lowest BCUT2D eigenvalue weighted by Crippen LogP contribution is -2.40. The molecule has 4 heterocycles. The van der Waals surface area contributed by atoms with Gasteiger partial charge in [-0.25, -0.2) is 0 Å². The van der Waals surface area contributed by atoms with Crippen molar-refractivity contribution in [1.29, 1.82) is 0 Å². The van der Waals surface area contributed by atoms with Gasteiger partial charge in [-0.1, -0.05) is 13.8 Å². The van der Waals surface area contributed by atoms with Gasteiger partial charge in [0, 0.05) is 32.2 Å². The number of rotatable bonds is 5. The first-order valence-corrected chi connectivity index (χ1v) is 11.4. The fourth-order valence-electron chi connectivity index (χ4n) is 4.34. The summed E-state index contributed by atoms with van der Waals surface area (Å²) in [4.78, 5) is 14.2. The fraction of sp³-hybridized carbons (Fsp3) is 0.591. The van der Waals surface area contributed by atoms with Crippen LogP contribution in [-0.2, 0) is 11.3 Å². The van der Waals surface area contributed by atoms with Crippen molar-refractivity contribution in [2.75, 3.05) is 54.5 Å². The van der Waals surface area contributed by atoms with Crippen molar-refractivity contribution in [2.24, 2.45) is 11.8 Å². The van der Waals surface area contributed by atoms with Crippen molar-refractivity contribution in [3.63, 3.8) is 0 Å². The third-order valence-corrected chi connectivity index (χ3v) is 5.92. The maximum absolute atomic E-state index is 5.59. The molecule has 2 aliphatic rings. The average molecular weight is 445 g/mol. The van der Waals surface area contributed by atoms with Crippen molar-refractivity contribution in [1.82, 2.24) is 15.3 Å². The van der Waals surface area contributed by atoms with E-state index in [9.17, 15) is 0 Å². The number of furan rings is 1. The lowest BCUT2D eigenvalue weighted by Gasteiger charge is -2.36. The monoisotopic (exact) mass is 444 g/mol. The number of piperidine rings is 1. The zero-order chi connectivity index (χ0) is 21.8. The van der Waals surface area contributed by atoms with E-state index < -0.39 is 0 Å². The van der Waals surface area contributed by atoms with Gasteiger partial charge in [0.15, 0.2) is 5.11 Å². The Balaban J connectivity index is 1.51. The predicted molar refractivity (Wildman–Crippen MR) is 127 cm³/mol. The SMILES string of the molecule is Cc1ccc(CNC(=S)Nc2nc(N3CCOCC3)cc(N3CC(C)CC(C)C3)n2)o1. The second-order valence-electron chi connectivity index (χ2n) is 8.68. The van der Waals surface area contributed by atoms with Crippen LogP contribution in [-0.4, -0.2) is 54.5 Å². The van der Waals surface area contributed by atoms with Gasteiger partial charge in [0.25, 0.3) is 0 Å². The number of hydrogen-bond acceptors (Lipinski definition) is 7. The quantitative estimate of drug-likeness (QED) is 0.676. The Morgan fingerprint density at radius 3 is 2.42 bits per heavy atom. The minimum Gasteiger partial charge on any atom is -0.465 e. The van der Waals surface area contributed by atoms with E-state index in [-0.39, 0.29) is 0 Å². The number of morpholine rings is 1. The molecular formula is C22H32N6O2S. The van der Waals surface area contributed by atoms with Gasteiger partial charge < -0.3 is 29.6 Å². The van der Waals surface area contributed by atoms with Crippen LogP contribution in [0.1, 0.15) is 31.8 Å². The summed E-state index contributed by atoms with van der Waals surface area (Å²) in [5.74, 6) is 5.36. The van der Waals surface area contributed by atoms with Gasteiger partial charge in [-0.2, -0.15) is 9.97 Å². The number of thiocarbonyl (C=S) groups is 1. The summed E-state index contributed by atoms with van der Waals surface area (Å²) < 4.78 is 11.1. The number of ether oxygens (including phenoxy) is 1. The standard InChI is InChI=1S/C22H32N6O2S/c1-15-10-16(2)14-28(13-15)20-11-19(27-6-8-29-9-7-27)24-21(25-20)26-22(31)23-12-18-5-4-17(3)30-18/h4-5,11,15-16H,6-10,12-14H2,1-3H3,(H2,23,24,25,26,31). The van der Waals surface area contributed by atoms with Gasteiger partial charge in [0.05, 0.1) is 19.8 Å². The molecule has 0 spiro atoms. The fourth-order valence-corrected chi connectivity index (χ4v) is 4.50. The highest BCUT2D eigenvalue weighted by atomic mass is 32.1. The second-order valence-corrected chi connectivity index (χ2v) is 9.09. The van der Waals surface area contributed by atoms with Crippen LogP contribution in [0.5, 0.6) is 0 Å². The first-order chi connectivity index (χ1) is 15.0. The molecule has 2 atom stereocenters. The Morgan fingerprint density at radius 1 is 1.10 bits per heavy atom. The summed E-state index contributed by atoms with van der Waals surface area (Å²) in [6, 6.07) is 5.98. The molecule has 2 aliphatic heterocycles. The van der Waals surface area contributed by atoms with Gasteiger partial charge in [-0.05, 0) is 49.5 Å². The van der Waals surface area contributed by atoms with Crippen LogP contribution < -0.4 is 20.4 Å². The minimum absolute atomic E-state index is 0.472. The molecule has 2 fully saturated rings. The van der Waals surface area contributed by atoms with Crippen molar-refractivity contribution in [3.05, 3.63) is 29.7 Å². The van der Waals surface area contributed by atoms with Crippen LogP contribution in [0.15, 0.2) is 22.6 Å². The van der Waals surface area contributed by atoms with E-state index >= 15 is 0 Å². The van der Waals surface area contributed by atoms with E-state index in [0.29, 0.717) is 42.7 Å². The van der Waals surface area contributed by atoms with Crippen LogP contribution >= 0.6 is 12.2 Å².